The van der Waals surface area contributed by atoms with Crippen LogP contribution < -0.4 is 0 Å². The number of benzene rings is 2. The number of hydrogen-bond donors (Lipinski definition) is 0. The van der Waals surface area contributed by atoms with E-state index in [1.807, 2.05) is 25.1 Å². The van der Waals surface area contributed by atoms with Gasteiger partial charge in [0.05, 0.1) is 10.0 Å². The molecule has 0 amide bonds. The number of aryl methyl sites for hydroxylation is 1. The summed E-state index contributed by atoms with van der Waals surface area (Å²) in [7, 11) is 0. The molecule has 0 bridgehead atoms. The number of halogens is 4. The zero-order chi connectivity index (χ0) is 19.8. The molecule has 4 rings (SSSR count). The molecule has 2 aromatic carbocycles. The van der Waals surface area contributed by atoms with Crippen molar-refractivity contribution in [3.05, 3.63) is 79.1 Å². The predicted molar refractivity (Wildman–Crippen MR) is 113 cm³/mol. The molecule has 0 saturated heterocycles. The van der Waals surface area contributed by atoms with Crippen LogP contribution in [0.4, 0.5) is 4.39 Å². The smallest absolute Gasteiger partial charge is 0.205 e. The molecule has 1 aliphatic rings. The molecule has 0 atom stereocenters. The van der Waals surface area contributed by atoms with Crippen LogP contribution in [0.5, 0.6) is 0 Å². The van der Waals surface area contributed by atoms with Crippen LogP contribution in [0, 0.1) is 5.82 Å². The standard InChI is InChI=1S/C19H12Cl3FN4S/c1-2-17-24-25-19-27(17)26-18(12-8-15(23)14(22)9-13(12)21)16(28-19)7-10-3-5-11(20)6-4-10/h3-9H,2H2,1H3/b16-7-. The van der Waals surface area contributed by atoms with Gasteiger partial charge in [0, 0.05) is 21.9 Å². The Morgan fingerprint density at radius 2 is 1.82 bits per heavy atom. The van der Waals surface area contributed by atoms with Crippen LogP contribution in [0.3, 0.4) is 0 Å². The second-order valence-corrected chi connectivity index (χ2v) is 8.18. The zero-order valence-electron chi connectivity index (χ0n) is 14.5. The molecule has 9 heteroatoms. The summed E-state index contributed by atoms with van der Waals surface area (Å²) in [6.07, 6.45) is 2.58. The second kappa shape index (κ2) is 7.87. The summed E-state index contributed by atoms with van der Waals surface area (Å²) < 4.78 is 15.8. The van der Waals surface area contributed by atoms with E-state index in [4.69, 9.17) is 34.8 Å². The van der Waals surface area contributed by atoms with Crippen LogP contribution in [0.1, 0.15) is 23.9 Å². The van der Waals surface area contributed by atoms with Crippen molar-refractivity contribution < 1.29 is 4.39 Å². The minimum atomic E-state index is -0.565. The second-order valence-electron chi connectivity index (χ2n) is 5.92. The first-order valence-electron chi connectivity index (χ1n) is 8.30. The Kier molecular flexibility index (Phi) is 5.47. The first-order chi connectivity index (χ1) is 13.5. The Hall–Kier alpha value is -1.86. The van der Waals surface area contributed by atoms with E-state index in [9.17, 15) is 4.39 Å². The van der Waals surface area contributed by atoms with E-state index >= 15 is 0 Å². The van der Waals surface area contributed by atoms with Gasteiger partial charge in [-0.1, -0.05) is 53.9 Å². The van der Waals surface area contributed by atoms with Crippen molar-refractivity contribution in [1.29, 1.82) is 0 Å². The van der Waals surface area contributed by atoms with Crippen LogP contribution in [0.2, 0.25) is 15.1 Å². The Balaban J connectivity index is 1.91. The molecule has 0 spiro atoms. The summed E-state index contributed by atoms with van der Waals surface area (Å²) in [5.74, 6) is 0.140. The van der Waals surface area contributed by atoms with Gasteiger partial charge >= 0.3 is 0 Å². The fraction of sp³-hybridized carbons (Fsp3) is 0.105. The molecular weight excluding hydrogens is 442 g/mol. The fourth-order valence-corrected chi connectivity index (χ4v) is 4.23. The van der Waals surface area contributed by atoms with Crippen molar-refractivity contribution in [3.8, 4) is 0 Å². The number of rotatable bonds is 3. The van der Waals surface area contributed by atoms with Gasteiger partial charge in [0.15, 0.2) is 5.82 Å². The van der Waals surface area contributed by atoms with E-state index in [-0.39, 0.29) is 5.02 Å². The molecule has 0 radical (unpaired) electrons. The lowest BCUT2D eigenvalue weighted by Crippen LogP contribution is -2.14. The fourth-order valence-electron chi connectivity index (χ4n) is 2.68. The minimum Gasteiger partial charge on any atom is -0.205 e. The Morgan fingerprint density at radius 1 is 1.07 bits per heavy atom. The number of thioether (sulfide) groups is 1. The number of hydrogen-bond acceptors (Lipinski definition) is 4. The molecule has 1 aromatic heterocycles. The summed E-state index contributed by atoms with van der Waals surface area (Å²) in [4.78, 5) is 0.758. The van der Waals surface area contributed by atoms with E-state index in [1.165, 1.54) is 23.9 Å². The SMILES string of the molecule is CCc1nnc2n1N=C(c1cc(F)c(Cl)cc1Cl)/C(=C/c1ccc(Cl)cc1)S2. The average Bonchev–Trinajstić information content (AvgIpc) is 3.08. The van der Waals surface area contributed by atoms with Gasteiger partial charge in [-0.3, -0.25) is 0 Å². The van der Waals surface area contributed by atoms with Crippen molar-refractivity contribution in [2.75, 3.05) is 0 Å². The lowest BCUT2D eigenvalue weighted by molar-refractivity contribution is 0.628. The molecule has 2 heterocycles. The van der Waals surface area contributed by atoms with Gasteiger partial charge in [-0.2, -0.15) is 9.78 Å². The first kappa shape index (κ1) is 19.5. The van der Waals surface area contributed by atoms with Crippen LogP contribution in [0.25, 0.3) is 6.08 Å². The van der Waals surface area contributed by atoms with Crippen molar-refractivity contribution in [1.82, 2.24) is 14.9 Å². The Morgan fingerprint density at radius 3 is 2.54 bits per heavy atom. The number of nitrogens with zero attached hydrogens (tertiary/aromatic N) is 4. The summed E-state index contributed by atoms with van der Waals surface area (Å²) in [6.45, 7) is 1.96. The molecule has 4 nitrogen and oxygen atoms in total. The number of allylic oxidation sites excluding steroid dienone is 1. The van der Waals surface area contributed by atoms with E-state index in [2.05, 4.69) is 15.3 Å². The van der Waals surface area contributed by atoms with Gasteiger partial charge in [0.1, 0.15) is 11.5 Å². The molecule has 0 N–H and O–H groups in total. The van der Waals surface area contributed by atoms with Gasteiger partial charge in [-0.25, -0.2) is 4.39 Å². The largest absolute Gasteiger partial charge is 0.216 e. The number of fused-ring (bicyclic) bond motifs is 1. The van der Waals surface area contributed by atoms with Crippen molar-refractivity contribution >= 4 is 58.4 Å². The highest BCUT2D eigenvalue weighted by atomic mass is 35.5. The van der Waals surface area contributed by atoms with Gasteiger partial charge < -0.3 is 0 Å². The van der Waals surface area contributed by atoms with Gasteiger partial charge in [-0.05, 0) is 47.7 Å². The van der Waals surface area contributed by atoms with Crippen molar-refractivity contribution in [2.24, 2.45) is 5.10 Å². The van der Waals surface area contributed by atoms with Gasteiger partial charge in [-0.15, -0.1) is 10.2 Å². The highest BCUT2D eigenvalue weighted by Gasteiger charge is 2.26. The Labute approximate surface area is 180 Å². The molecule has 0 unspecified atom stereocenters. The van der Waals surface area contributed by atoms with Crippen LogP contribution in [-0.2, 0) is 6.42 Å². The summed E-state index contributed by atoms with van der Waals surface area (Å²) >= 11 is 19.6. The lowest BCUT2D eigenvalue weighted by Gasteiger charge is -2.18. The maximum atomic E-state index is 14.2. The highest BCUT2D eigenvalue weighted by Crippen LogP contribution is 2.37. The van der Waals surface area contributed by atoms with Gasteiger partial charge in [0.2, 0.25) is 5.16 Å². The summed E-state index contributed by atoms with van der Waals surface area (Å²) in [5, 5.41) is 14.6. The normalized spacial score (nSPS) is 14.9. The minimum absolute atomic E-state index is 0.0414. The summed E-state index contributed by atoms with van der Waals surface area (Å²) in [6, 6.07) is 10.0. The predicted octanol–water partition coefficient (Wildman–Crippen LogP) is 6.34. The molecule has 142 valence electrons. The Bertz CT molecular complexity index is 1120. The lowest BCUT2D eigenvalue weighted by atomic mass is 10.1. The van der Waals surface area contributed by atoms with Gasteiger partial charge in [0.25, 0.3) is 0 Å². The third-order valence-corrected chi connectivity index (χ3v) is 5.88. The topological polar surface area (TPSA) is 43.1 Å². The quantitative estimate of drug-likeness (QED) is 0.435. The molecule has 0 saturated carbocycles. The molecule has 0 fully saturated rings. The van der Waals surface area contributed by atoms with Crippen LogP contribution in [-0.4, -0.2) is 20.6 Å². The van der Waals surface area contributed by atoms with E-state index in [1.54, 1.807) is 16.8 Å². The molecule has 28 heavy (non-hydrogen) atoms. The molecule has 0 aliphatic carbocycles. The van der Waals surface area contributed by atoms with Crippen molar-refractivity contribution in [2.45, 2.75) is 18.5 Å². The summed E-state index contributed by atoms with van der Waals surface area (Å²) in [5.41, 5.74) is 1.87. The highest BCUT2D eigenvalue weighted by molar-refractivity contribution is 8.04. The zero-order valence-corrected chi connectivity index (χ0v) is 17.5. The average molecular weight is 454 g/mol. The monoisotopic (exact) mass is 452 g/mol. The van der Waals surface area contributed by atoms with E-state index in [0.29, 0.717) is 38.7 Å². The van der Waals surface area contributed by atoms with Crippen LogP contribution >= 0.6 is 46.6 Å². The van der Waals surface area contributed by atoms with Crippen LogP contribution in [0.15, 0.2) is 51.6 Å². The van der Waals surface area contributed by atoms with E-state index in [0.717, 1.165) is 10.5 Å². The molecular formula is C19H12Cl3FN4S. The third-order valence-electron chi connectivity index (χ3n) is 4.06. The molecule has 3 aromatic rings. The maximum Gasteiger partial charge on any atom is 0.216 e. The maximum absolute atomic E-state index is 14.2. The third kappa shape index (κ3) is 3.70. The molecule has 1 aliphatic heterocycles. The van der Waals surface area contributed by atoms with Crippen molar-refractivity contribution in [3.63, 3.8) is 0 Å². The number of aromatic nitrogens is 3. The van der Waals surface area contributed by atoms with E-state index < -0.39 is 5.82 Å². The first-order valence-corrected chi connectivity index (χ1v) is 10.2.